The molecular formula is C17H19N3O2S. The smallest absolute Gasteiger partial charge is 0.240 e. The first-order chi connectivity index (χ1) is 11.1. The van der Waals surface area contributed by atoms with Gasteiger partial charge in [0, 0.05) is 23.4 Å². The van der Waals surface area contributed by atoms with Crippen molar-refractivity contribution in [3.8, 4) is 0 Å². The molecule has 23 heavy (non-hydrogen) atoms. The van der Waals surface area contributed by atoms with Crippen molar-refractivity contribution in [3.63, 3.8) is 0 Å². The van der Waals surface area contributed by atoms with Crippen LogP contribution in [0.3, 0.4) is 0 Å². The number of aryl methyl sites for hydroxylation is 2. The number of carbonyl (C=O) groups is 2. The van der Waals surface area contributed by atoms with E-state index < -0.39 is 0 Å². The number of hydrazone groups is 1. The molecule has 2 N–H and O–H groups in total. The highest BCUT2D eigenvalue weighted by Crippen LogP contribution is 2.19. The summed E-state index contributed by atoms with van der Waals surface area (Å²) in [6, 6.07) is 9.63. The number of thiophene rings is 1. The summed E-state index contributed by atoms with van der Waals surface area (Å²) in [6.07, 6.45) is 1.80. The average Bonchev–Trinajstić information content (AvgIpc) is 3.02. The lowest BCUT2D eigenvalue weighted by Crippen LogP contribution is -2.21. The van der Waals surface area contributed by atoms with Gasteiger partial charge in [0.1, 0.15) is 0 Å². The Morgan fingerprint density at radius 3 is 2.43 bits per heavy atom. The van der Waals surface area contributed by atoms with Crippen LogP contribution in [-0.4, -0.2) is 18.0 Å². The lowest BCUT2D eigenvalue weighted by atomic mass is 10.1. The van der Waals surface area contributed by atoms with E-state index in [0.29, 0.717) is 0 Å². The number of hydrogen-bond acceptors (Lipinski definition) is 4. The molecule has 0 unspecified atom stereocenters. The van der Waals surface area contributed by atoms with Crippen molar-refractivity contribution < 1.29 is 9.59 Å². The van der Waals surface area contributed by atoms with Crippen molar-refractivity contribution in [2.45, 2.75) is 26.7 Å². The number of hydrogen-bond donors (Lipinski definition) is 2. The first kappa shape index (κ1) is 16.9. The third-order valence-corrected chi connectivity index (χ3v) is 4.06. The zero-order valence-electron chi connectivity index (χ0n) is 13.1. The van der Waals surface area contributed by atoms with Gasteiger partial charge in [0.25, 0.3) is 0 Å². The van der Waals surface area contributed by atoms with Crippen LogP contribution in [0.4, 0.5) is 5.69 Å². The fourth-order valence-corrected chi connectivity index (χ4v) is 2.61. The molecule has 1 aromatic heterocycles. The molecule has 1 heterocycles. The van der Waals surface area contributed by atoms with Crippen molar-refractivity contribution in [1.82, 2.24) is 5.43 Å². The Kier molecular flexibility index (Phi) is 6.05. The van der Waals surface area contributed by atoms with Gasteiger partial charge in [-0.3, -0.25) is 9.59 Å². The minimum atomic E-state index is -0.283. The SMILES string of the molecule is Cc1cccc(C)c1NC(=O)CCC(=O)N/N=C\c1cccs1. The van der Waals surface area contributed by atoms with Crippen LogP contribution in [0.25, 0.3) is 0 Å². The summed E-state index contributed by atoms with van der Waals surface area (Å²) in [6.45, 7) is 3.88. The largest absolute Gasteiger partial charge is 0.326 e. The van der Waals surface area contributed by atoms with E-state index in [1.807, 2.05) is 49.6 Å². The minimum Gasteiger partial charge on any atom is -0.326 e. The van der Waals surface area contributed by atoms with Gasteiger partial charge >= 0.3 is 0 Å². The molecule has 0 atom stereocenters. The standard InChI is InChI=1S/C17H19N3O2S/c1-12-5-3-6-13(2)17(12)19-15(21)8-9-16(22)20-18-11-14-7-4-10-23-14/h3-7,10-11H,8-9H2,1-2H3,(H,19,21)(H,20,22)/b18-11-. The summed E-state index contributed by atoms with van der Waals surface area (Å²) in [4.78, 5) is 24.6. The Morgan fingerprint density at radius 1 is 1.09 bits per heavy atom. The first-order valence-electron chi connectivity index (χ1n) is 7.28. The maximum atomic E-state index is 12.0. The van der Waals surface area contributed by atoms with Gasteiger partial charge in [0.15, 0.2) is 0 Å². The maximum absolute atomic E-state index is 12.0. The molecular weight excluding hydrogens is 310 g/mol. The molecule has 0 fully saturated rings. The van der Waals surface area contributed by atoms with Crippen molar-refractivity contribution in [1.29, 1.82) is 0 Å². The summed E-state index contributed by atoms with van der Waals surface area (Å²) in [5.41, 5.74) is 5.24. The van der Waals surface area contributed by atoms with Crippen LogP contribution in [-0.2, 0) is 9.59 Å². The average molecular weight is 329 g/mol. The lowest BCUT2D eigenvalue weighted by Gasteiger charge is -2.11. The quantitative estimate of drug-likeness (QED) is 0.631. The lowest BCUT2D eigenvalue weighted by molar-refractivity contribution is -0.124. The number of benzene rings is 1. The van der Waals surface area contributed by atoms with Crippen LogP contribution < -0.4 is 10.7 Å². The number of carbonyl (C=O) groups excluding carboxylic acids is 2. The van der Waals surface area contributed by atoms with Crippen LogP contribution in [0.5, 0.6) is 0 Å². The van der Waals surface area contributed by atoms with Crippen LogP contribution in [0.1, 0.15) is 28.8 Å². The molecule has 0 aliphatic carbocycles. The molecule has 120 valence electrons. The van der Waals surface area contributed by atoms with E-state index in [2.05, 4.69) is 15.8 Å². The molecule has 0 aliphatic heterocycles. The Balaban J connectivity index is 1.76. The normalized spacial score (nSPS) is 10.7. The summed E-state index contributed by atoms with van der Waals surface area (Å²) >= 11 is 1.53. The fourth-order valence-electron chi connectivity index (χ4n) is 2.03. The third kappa shape index (κ3) is 5.34. The van der Waals surface area contributed by atoms with Crippen molar-refractivity contribution in [2.24, 2.45) is 5.10 Å². The van der Waals surface area contributed by atoms with Crippen LogP contribution >= 0.6 is 11.3 Å². The highest BCUT2D eigenvalue weighted by atomic mass is 32.1. The Labute approximate surface area is 139 Å². The van der Waals surface area contributed by atoms with Gasteiger partial charge in [-0.25, -0.2) is 5.43 Å². The number of rotatable bonds is 6. The molecule has 2 rings (SSSR count). The maximum Gasteiger partial charge on any atom is 0.240 e. The van der Waals surface area contributed by atoms with Gasteiger partial charge in [0.2, 0.25) is 11.8 Å². The molecule has 0 aliphatic rings. The number of amides is 2. The van der Waals surface area contributed by atoms with E-state index in [-0.39, 0.29) is 24.7 Å². The van der Waals surface area contributed by atoms with Crippen LogP contribution in [0.15, 0.2) is 40.8 Å². The number of nitrogens with one attached hydrogen (secondary N) is 2. The van der Waals surface area contributed by atoms with Gasteiger partial charge in [-0.1, -0.05) is 24.3 Å². The number of anilines is 1. The zero-order valence-corrected chi connectivity index (χ0v) is 13.9. The monoisotopic (exact) mass is 329 g/mol. The zero-order chi connectivity index (χ0) is 16.7. The Bertz CT molecular complexity index is 688. The molecule has 0 saturated heterocycles. The van der Waals surface area contributed by atoms with E-state index in [4.69, 9.17) is 0 Å². The van der Waals surface area contributed by atoms with Crippen LogP contribution in [0, 0.1) is 13.8 Å². The number of nitrogens with zero attached hydrogens (tertiary/aromatic N) is 1. The molecule has 2 aromatic rings. The van der Waals surface area contributed by atoms with Gasteiger partial charge < -0.3 is 5.32 Å². The molecule has 0 spiro atoms. The summed E-state index contributed by atoms with van der Waals surface area (Å²) in [5.74, 6) is -0.464. The second-order valence-corrected chi connectivity index (χ2v) is 6.10. The van der Waals surface area contributed by atoms with E-state index in [9.17, 15) is 9.59 Å². The van der Waals surface area contributed by atoms with Crippen LogP contribution in [0.2, 0.25) is 0 Å². The molecule has 0 radical (unpaired) electrons. The van der Waals surface area contributed by atoms with Crippen molar-refractivity contribution in [2.75, 3.05) is 5.32 Å². The second kappa shape index (κ2) is 8.24. The minimum absolute atomic E-state index is 0.0958. The predicted molar refractivity (Wildman–Crippen MR) is 93.8 cm³/mol. The Hall–Kier alpha value is -2.47. The van der Waals surface area contributed by atoms with Crippen molar-refractivity contribution >= 4 is 35.1 Å². The predicted octanol–water partition coefficient (Wildman–Crippen LogP) is 3.23. The third-order valence-electron chi connectivity index (χ3n) is 3.25. The summed E-state index contributed by atoms with van der Waals surface area (Å²) < 4.78 is 0. The second-order valence-electron chi connectivity index (χ2n) is 5.12. The highest BCUT2D eigenvalue weighted by molar-refractivity contribution is 7.11. The first-order valence-corrected chi connectivity index (χ1v) is 8.15. The van der Waals surface area contributed by atoms with E-state index in [1.165, 1.54) is 11.3 Å². The van der Waals surface area contributed by atoms with Gasteiger partial charge in [-0.2, -0.15) is 5.10 Å². The molecule has 5 nitrogen and oxygen atoms in total. The summed E-state index contributed by atoms with van der Waals surface area (Å²) in [7, 11) is 0. The molecule has 0 bridgehead atoms. The van der Waals surface area contributed by atoms with Gasteiger partial charge in [0.05, 0.1) is 6.21 Å². The van der Waals surface area contributed by atoms with E-state index >= 15 is 0 Å². The van der Waals surface area contributed by atoms with Gasteiger partial charge in [-0.05, 0) is 36.4 Å². The molecule has 0 saturated carbocycles. The molecule has 2 amide bonds. The highest BCUT2D eigenvalue weighted by Gasteiger charge is 2.09. The van der Waals surface area contributed by atoms with Gasteiger partial charge in [-0.15, -0.1) is 11.3 Å². The fraction of sp³-hybridized carbons (Fsp3) is 0.235. The molecule has 1 aromatic carbocycles. The number of para-hydroxylation sites is 1. The Morgan fingerprint density at radius 2 is 1.78 bits per heavy atom. The topological polar surface area (TPSA) is 70.6 Å². The molecule has 6 heteroatoms. The summed E-state index contributed by atoms with van der Waals surface area (Å²) in [5, 5.41) is 8.65. The van der Waals surface area contributed by atoms with Crippen molar-refractivity contribution in [3.05, 3.63) is 51.7 Å². The van der Waals surface area contributed by atoms with E-state index in [0.717, 1.165) is 21.7 Å². The van der Waals surface area contributed by atoms with E-state index in [1.54, 1.807) is 6.21 Å².